The highest BCUT2D eigenvalue weighted by atomic mass is 16.5. The second-order valence-electron chi connectivity index (χ2n) is 6.70. The highest BCUT2D eigenvalue weighted by Gasteiger charge is 2.10. The minimum Gasteiger partial charge on any atom is -0.378 e. The Morgan fingerprint density at radius 3 is 2.10 bits per heavy atom. The van der Waals surface area contributed by atoms with E-state index < -0.39 is 0 Å². The summed E-state index contributed by atoms with van der Waals surface area (Å²) in [4.78, 5) is 0. The molecule has 0 radical (unpaired) electrons. The quantitative estimate of drug-likeness (QED) is 0.354. The van der Waals surface area contributed by atoms with Crippen LogP contribution in [0.2, 0.25) is 0 Å². The molecule has 0 amide bonds. The predicted molar refractivity (Wildman–Crippen MR) is 92.8 cm³/mol. The molecule has 0 bridgehead atoms. The third-order valence-electron chi connectivity index (χ3n) is 4.22. The third kappa shape index (κ3) is 13.3. The van der Waals surface area contributed by atoms with E-state index in [1.54, 1.807) is 0 Å². The van der Waals surface area contributed by atoms with Gasteiger partial charge in [-0.1, -0.05) is 66.2 Å². The fourth-order valence-electron chi connectivity index (χ4n) is 2.51. The summed E-state index contributed by atoms with van der Waals surface area (Å²) in [6.45, 7) is 13.7. The van der Waals surface area contributed by atoms with E-state index in [1.807, 2.05) is 0 Å². The second-order valence-corrected chi connectivity index (χ2v) is 6.70. The number of hydrogen-bond acceptors (Lipinski definition) is 2. The van der Waals surface area contributed by atoms with Crippen LogP contribution in [0.4, 0.5) is 0 Å². The molecule has 0 aromatic heterocycles. The summed E-state index contributed by atoms with van der Waals surface area (Å²) in [5.41, 5.74) is 0. The van der Waals surface area contributed by atoms with Crippen molar-refractivity contribution in [1.82, 2.24) is 0 Å². The molecule has 128 valence electrons. The van der Waals surface area contributed by atoms with Gasteiger partial charge in [0.15, 0.2) is 0 Å². The summed E-state index contributed by atoms with van der Waals surface area (Å²) in [5.74, 6) is 1.40. The van der Waals surface area contributed by atoms with Crippen LogP contribution in [-0.4, -0.2) is 25.9 Å². The first-order chi connectivity index (χ1) is 10.1. The van der Waals surface area contributed by atoms with Gasteiger partial charge in [0.1, 0.15) is 0 Å². The van der Waals surface area contributed by atoms with Crippen molar-refractivity contribution in [2.75, 3.05) is 19.8 Å². The summed E-state index contributed by atoms with van der Waals surface area (Å²) in [5, 5.41) is 0. The SMILES string of the molecule is CCCCCC(CC)COC(C)COCC(C)CCCC. The Labute approximate surface area is 134 Å². The highest BCUT2D eigenvalue weighted by molar-refractivity contribution is 4.59. The van der Waals surface area contributed by atoms with Gasteiger partial charge in [0.05, 0.1) is 12.7 Å². The summed E-state index contributed by atoms with van der Waals surface area (Å²) in [6, 6.07) is 0. The average Bonchev–Trinajstić information content (AvgIpc) is 2.48. The lowest BCUT2D eigenvalue weighted by Gasteiger charge is -2.20. The smallest absolute Gasteiger partial charge is 0.0780 e. The van der Waals surface area contributed by atoms with Crippen molar-refractivity contribution in [3.05, 3.63) is 0 Å². The zero-order valence-electron chi connectivity index (χ0n) is 15.3. The lowest BCUT2D eigenvalue weighted by atomic mass is 10.00. The Morgan fingerprint density at radius 1 is 0.762 bits per heavy atom. The molecule has 0 fully saturated rings. The van der Waals surface area contributed by atoms with Crippen LogP contribution in [0.25, 0.3) is 0 Å². The molecule has 0 saturated heterocycles. The van der Waals surface area contributed by atoms with Crippen molar-refractivity contribution in [2.24, 2.45) is 11.8 Å². The third-order valence-corrected chi connectivity index (χ3v) is 4.22. The van der Waals surface area contributed by atoms with Gasteiger partial charge < -0.3 is 9.47 Å². The lowest BCUT2D eigenvalue weighted by molar-refractivity contribution is -0.0281. The minimum absolute atomic E-state index is 0.226. The number of hydrogen-bond donors (Lipinski definition) is 0. The van der Waals surface area contributed by atoms with Gasteiger partial charge in [0.2, 0.25) is 0 Å². The van der Waals surface area contributed by atoms with Gasteiger partial charge in [-0.25, -0.2) is 0 Å². The van der Waals surface area contributed by atoms with E-state index in [1.165, 1.54) is 51.4 Å². The highest BCUT2D eigenvalue weighted by Crippen LogP contribution is 2.15. The monoisotopic (exact) mass is 300 g/mol. The van der Waals surface area contributed by atoms with Gasteiger partial charge in [0.25, 0.3) is 0 Å². The van der Waals surface area contributed by atoms with Gasteiger partial charge in [-0.15, -0.1) is 0 Å². The maximum Gasteiger partial charge on any atom is 0.0780 e. The van der Waals surface area contributed by atoms with Crippen molar-refractivity contribution in [2.45, 2.75) is 92.1 Å². The molecule has 3 atom stereocenters. The molecule has 0 aliphatic carbocycles. The van der Waals surface area contributed by atoms with Crippen LogP contribution in [0.3, 0.4) is 0 Å². The van der Waals surface area contributed by atoms with Gasteiger partial charge in [-0.3, -0.25) is 0 Å². The largest absolute Gasteiger partial charge is 0.378 e. The molecule has 0 aliphatic rings. The summed E-state index contributed by atoms with van der Waals surface area (Å²) in [6.07, 6.45) is 10.6. The summed E-state index contributed by atoms with van der Waals surface area (Å²) < 4.78 is 11.8. The fourth-order valence-corrected chi connectivity index (χ4v) is 2.51. The van der Waals surface area contributed by atoms with Gasteiger partial charge in [0, 0.05) is 13.2 Å². The number of unbranched alkanes of at least 4 members (excludes halogenated alkanes) is 3. The molecule has 2 heteroatoms. The Bertz CT molecular complexity index is 206. The Balaban J connectivity index is 3.60. The van der Waals surface area contributed by atoms with E-state index in [-0.39, 0.29) is 6.10 Å². The van der Waals surface area contributed by atoms with Crippen LogP contribution in [0.15, 0.2) is 0 Å². The molecule has 0 aromatic rings. The molecule has 0 N–H and O–H groups in total. The minimum atomic E-state index is 0.226. The van der Waals surface area contributed by atoms with Gasteiger partial charge in [-0.05, 0) is 31.6 Å². The van der Waals surface area contributed by atoms with Gasteiger partial charge in [-0.2, -0.15) is 0 Å². The van der Waals surface area contributed by atoms with Crippen molar-refractivity contribution in [3.8, 4) is 0 Å². The topological polar surface area (TPSA) is 18.5 Å². The van der Waals surface area contributed by atoms with E-state index in [0.29, 0.717) is 5.92 Å². The van der Waals surface area contributed by atoms with E-state index in [4.69, 9.17) is 9.47 Å². The lowest BCUT2D eigenvalue weighted by Crippen LogP contribution is -2.21. The Hall–Kier alpha value is -0.0800. The van der Waals surface area contributed by atoms with Gasteiger partial charge >= 0.3 is 0 Å². The fraction of sp³-hybridized carbons (Fsp3) is 1.00. The zero-order valence-corrected chi connectivity index (χ0v) is 15.3. The molecular weight excluding hydrogens is 260 g/mol. The molecule has 3 unspecified atom stereocenters. The number of ether oxygens (including phenoxy) is 2. The number of rotatable bonds is 15. The molecule has 0 heterocycles. The van der Waals surface area contributed by atoms with Crippen molar-refractivity contribution in [3.63, 3.8) is 0 Å². The Morgan fingerprint density at radius 2 is 1.48 bits per heavy atom. The maximum atomic E-state index is 5.96. The molecule has 0 saturated carbocycles. The molecule has 0 aromatic carbocycles. The van der Waals surface area contributed by atoms with E-state index in [0.717, 1.165) is 25.7 Å². The molecule has 0 rings (SSSR count). The van der Waals surface area contributed by atoms with Crippen LogP contribution in [0.5, 0.6) is 0 Å². The molecule has 21 heavy (non-hydrogen) atoms. The molecule has 0 spiro atoms. The van der Waals surface area contributed by atoms with Crippen molar-refractivity contribution >= 4 is 0 Å². The summed E-state index contributed by atoms with van der Waals surface area (Å²) >= 11 is 0. The first-order valence-corrected chi connectivity index (χ1v) is 9.33. The Kier molecular flexibility index (Phi) is 14.8. The normalized spacial score (nSPS) is 15.9. The van der Waals surface area contributed by atoms with Crippen LogP contribution >= 0.6 is 0 Å². The molecular formula is C19H40O2. The second kappa shape index (κ2) is 14.8. The average molecular weight is 301 g/mol. The zero-order chi connectivity index (χ0) is 15.9. The summed E-state index contributed by atoms with van der Waals surface area (Å²) in [7, 11) is 0. The van der Waals surface area contributed by atoms with Crippen molar-refractivity contribution in [1.29, 1.82) is 0 Å². The first-order valence-electron chi connectivity index (χ1n) is 9.33. The van der Waals surface area contributed by atoms with E-state index >= 15 is 0 Å². The first kappa shape index (κ1) is 20.9. The van der Waals surface area contributed by atoms with Crippen LogP contribution < -0.4 is 0 Å². The maximum absolute atomic E-state index is 5.96. The molecule has 2 nitrogen and oxygen atoms in total. The predicted octanol–water partition coefficient (Wildman–Crippen LogP) is 5.84. The standard InChI is InChI=1S/C19H40O2/c1-6-9-11-13-19(8-3)16-21-18(5)15-20-14-17(4)12-10-7-2/h17-19H,6-16H2,1-5H3. The van der Waals surface area contributed by atoms with Crippen LogP contribution in [0, 0.1) is 11.8 Å². The van der Waals surface area contributed by atoms with E-state index in [2.05, 4.69) is 34.6 Å². The van der Waals surface area contributed by atoms with E-state index in [9.17, 15) is 0 Å². The van der Waals surface area contributed by atoms with Crippen molar-refractivity contribution < 1.29 is 9.47 Å². The molecule has 0 aliphatic heterocycles. The van der Waals surface area contributed by atoms with Crippen LogP contribution in [-0.2, 0) is 9.47 Å². The van der Waals surface area contributed by atoms with Crippen LogP contribution in [0.1, 0.15) is 86.0 Å².